The van der Waals surface area contributed by atoms with Crippen molar-refractivity contribution in [3.05, 3.63) is 29.3 Å². The van der Waals surface area contributed by atoms with Gasteiger partial charge in [-0.3, -0.25) is 14.4 Å². The van der Waals surface area contributed by atoms with Crippen molar-refractivity contribution in [2.45, 2.75) is 38.8 Å². The smallest absolute Gasteiger partial charge is 0.242 e. The Morgan fingerprint density at radius 2 is 2.15 bits per heavy atom. The summed E-state index contributed by atoms with van der Waals surface area (Å²) < 4.78 is 31.4. The largest absolute Gasteiger partial charge is 0.378 e. The van der Waals surface area contributed by atoms with Crippen molar-refractivity contribution in [2.24, 2.45) is 0 Å². The van der Waals surface area contributed by atoms with E-state index in [1.54, 1.807) is 6.07 Å². The number of morpholine rings is 1. The number of fused-ring (bicyclic) bond motifs is 1. The summed E-state index contributed by atoms with van der Waals surface area (Å²) in [6, 6.07) is 5.36. The Morgan fingerprint density at radius 1 is 1.33 bits per heavy atom. The summed E-state index contributed by atoms with van der Waals surface area (Å²) in [7, 11) is -3.33. The SMILES string of the molecule is CCCCN1CCOCC1C(=O)N1CCc2c(cccc2NS(C)(=O)=O)C1. The van der Waals surface area contributed by atoms with E-state index in [1.165, 1.54) is 0 Å². The molecule has 2 aliphatic rings. The van der Waals surface area contributed by atoms with E-state index < -0.39 is 10.0 Å². The maximum Gasteiger partial charge on any atom is 0.242 e. The third kappa shape index (κ3) is 5.00. The normalized spacial score (nSPS) is 21.0. The first kappa shape index (κ1) is 20.1. The van der Waals surface area contributed by atoms with E-state index in [2.05, 4.69) is 16.5 Å². The van der Waals surface area contributed by atoms with E-state index in [9.17, 15) is 13.2 Å². The van der Waals surface area contributed by atoms with Crippen molar-refractivity contribution in [3.63, 3.8) is 0 Å². The molecule has 2 heterocycles. The fourth-order valence-corrected chi connectivity index (χ4v) is 4.39. The summed E-state index contributed by atoms with van der Waals surface area (Å²) in [4.78, 5) is 17.3. The standard InChI is InChI=1S/C19H29N3O4S/c1-3-4-9-21-11-12-26-14-18(21)19(23)22-10-8-16-15(13-22)6-5-7-17(16)20-27(2,24)25/h5-7,18,20H,3-4,8-14H2,1-2H3. The molecule has 0 aliphatic carbocycles. The molecule has 1 N–H and O–H groups in total. The van der Waals surface area contributed by atoms with Crippen molar-refractivity contribution < 1.29 is 17.9 Å². The molecule has 1 aromatic rings. The highest BCUT2D eigenvalue weighted by atomic mass is 32.2. The molecule has 1 fully saturated rings. The van der Waals surface area contributed by atoms with Gasteiger partial charge in [-0.1, -0.05) is 25.5 Å². The molecular formula is C19H29N3O4S. The molecule has 2 aliphatic heterocycles. The number of hydrogen-bond donors (Lipinski definition) is 1. The zero-order valence-electron chi connectivity index (χ0n) is 16.1. The minimum absolute atomic E-state index is 0.109. The molecule has 1 amide bonds. The van der Waals surface area contributed by atoms with Crippen LogP contribution in [0.2, 0.25) is 0 Å². The topological polar surface area (TPSA) is 79.0 Å². The Morgan fingerprint density at radius 3 is 2.89 bits per heavy atom. The summed E-state index contributed by atoms with van der Waals surface area (Å²) in [5.74, 6) is 0.109. The molecule has 8 heteroatoms. The number of sulfonamides is 1. The molecule has 1 unspecified atom stereocenters. The third-order valence-corrected chi connectivity index (χ3v) is 5.79. The minimum atomic E-state index is -3.33. The molecule has 1 saturated heterocycles. The summed E-state index contributed by atoms with van der Waals surface area (Å²) in [6.45, 7) is 6.09. The van der Waals surface area contributed by atoms with Gasteiger partial charge < -0.3 is 9.64 Å². The van der Waals surface area contributed by atoms with Crippen molar-refractivity contribution in [1.29, 1.82) is 0 Å². The van der Waals surface area contributed by atoms with E-state index in [4.69, 9.17) is 4.74 Å². The van der Waals surface area contributed by atoms with E-state index in [-0.39, 0.29) is 11.9 Å². The predicted octanol–water partition coefficient (Wildman–Crippen LogP) is 1.44. The Hall–Kier alpha value is -1.64. The Bertz CT molecular complexity index is 781. The van der Waals surface area contributed by atoms with Crippen LogP contribution < -0.4 is 4.72 Å². The number of unbranched alkanes of at least 4 members (excludes halogenated alkanes) is 1. The number of nitrogens with zero attached hydrogens (tertiary/aromatic N) is 2. The average molecular weight is 396 g/mol. The lowest BCUT2D eigenvalue weighted by Crippen LogP contribution is -2.55. The first-order valence-corrected chi connectivity index (χ1v) is 11.5. The Labute approximate surface area is 161 Å². The van der Waals surface area contributed by atoms with Gasteiger partial charge >= 0.3 is 0 Å². The summed E-state index contributed by atoms with van der Waals surface area (Å²) in [5, 5.41) is 0. The van der Waals surface area contributed by atoms with Gasteiger partial charge in [-0.05, 0) is 36.6 Å². The highest BCUT2D eigenvalue weighted by Gasteiger charge is 2.34. The van der Waals surface area contributed by atoms with Crippen LogP contribution in [-0.4, -0.2) is 69.3 Å². The van der Waals surface area contributed by atoms with Crippen LogP contribution in [0.1, 0.15) is 30.9 Å². The lowest BCUT2D eigenvalue weighted by atomic mass is 9.97. The first-order valence-electron chi connectivity index (χ1n) is 9.58. The molecular weight excluding hydrogens is 366 g/mol. The molecule has 1 aromatic carbocycles. The number of benzene rings is 1. The number of carbonyl (C=O) groups excluding carboxylic acids is 1. The van der Waals surface area contributed by atoms with Gasteiger partial charge in [0.1, 0.15) is 6.04 Å². The van der Waals surface area contributed by atoms with Crippen LogP contribution in [0.25, 0.3) is 0 Å². The van der Waals surface area contributed by atoms with Crippen LogP contribution >= 0.6 is 0 Å². The first-order chi connectivity index (χ1) is 12.9. The number of amides is 1. The lowest BCUT2D eigenvalue weighted by molar-refractivity contribution is -0.144. The van der Waals surface area contributed by atoms with Gasteiger partial charge in [0.15, 0.2) is 0 Å². The number of hydrogen-bond acceptors (Lipinski definition) is 5. The van der Waals surface area contributed by atoms with Gasteiger partial charge in [0.2, 0.25) is 15.9 Å². The zero-order valence-corrected chi connectivity index (χ0v) is 16.9. The molecule has 27 heavy (non-hydrogen) atoms. The van der Waals surface area contributed by atoms with Crippen LogP contribution in [0.4, 0.5) is 5.69 Å². The molecule has 0 bridgehead atoms. The number of carbonyl (C=O) groups is 1. The Kier molecular flexibility index (Phi) is 6.39. The Balaban J connectivity index is 1.73. The lowest BCUT2D eigenvalue weighted by Gasteiger charge is -2.39. The second-order valence-corrected chi connectivity index (χ2v) is 9.06. The second kappa shape index (κ2) is 8.58. The maximum absolute atomic E-state index is 13.1. The molecule has 0 radical (unpaired) electrons. The number of nitrogens with one attached hydrogen (secondary N) is 1. The number of rotatable bonds is 6. The van der Waals surface area contributed by atoms with Crippen LogP contribution in [-0.2, 0) is 32.5 Å². The van der Waals surface area contributed by atoms with Gasteiger partial charge in [-0.25, -0.2) is 8.42 Å². The maximum atomic E-state index is 13.1. The highest BCUT2D eigenvalue weighted by molar-refractivity contribution is 7.92. The van der Waals surface area contributed by atoms with Crippen molar-refractivity contribution in [2.75, 3.05) is 43.8 Å². The van der Waals surface area contributed by atoms with Crippen LogP contribution in [0.15, 0.2) is 18.2 Å². The average Bonchev–Trinajstić information content (AvgIpc) is 2.64. The molecule has 150 valence electrons. The molecule has 0 aromatic heterocycles. The fourth-order valence-electron chi connectivity index (χ4n) is 3.80. The molecule has 1 atom stereocenters. The highest BCUT2D eigenvalue weighted by Crippen LogP contribution is 2.27. The second-order valence-electron chi connectivity index (χ2n) is 7.31. The van der Waals surface area contributed by atoms with Crippen LogP contribution in [0, 0.1) is 0 Å². The fraction of sp³-hybridized carbons (Fsp3) is 0.632. The van der Waals surface area contributed by atoms with Crippen molar-refractivity contribution >= 4 is 21.6 Å². The van der Waals surface area contributed by atoms with Crippen LogP contribution in [0.5, 0.6) is 0 Å². The van der Waals surface area contributed by atoms with E-state index in [0.29, 0.717) is 38.4 Å². The van der Waals surface area contributed by atoms with E-state index in [0.717, 1.165) is 43.3 Å². The van der Waals surface area contributed by atoms with Gasteiger partial charge in [0, 0.05) is 19.6 Å². The predicted molar refractivity (Wildman–Crippen MR) is 105 cm³/mol. The zero-order chi connectivity index (χ0) is 19.4. The minimum Gasteiger partial charge on any atom is -0.378 e. The van der Waals surface area contributed by atoms with Gasteiger partial charge in [0.05, 0.1) is 25.2 Å². The molecule has 7 nitrogen and oxygen atoms in total. The number of ether oxygens (including phenoxy) is 1. The molecule has 0 spiro atoms. The van der Waals surface area contributed by atoms with Gasteiger partial charge in [-0.15, -0.1) is 0 Å². The summed E-state index contributed by atoms with van der Waals surface area (Å²) in [6.07, 6.45) is 3.97. The van der Waals surface area contributed by atoms with Gasteiger partial charge in [-0.2, -0.15) is 0 Å². The van der Waals surface area contributed by atoms with Gasteiger partial charge in [0.25, 0.3) is 0 Å². The quantitative estimate of drug-likeness (QED) is 0.789. The monoisotopic (exact) mass is 395 g/mol. The van der Waals surface area contributed by atoms with E-state index in [1.807, 2.05) is 17.0 Å². The summed E-state index contributed by atoms with van der Waals surface area (Å²) >= 11 is 0. The molecule has 0 saturated carbocycles. The third-order valence-electron chi connectivity index (χ3n) is 5.20. The number of anilines is 1. The summed E-state index contributed by atoms with van der Waals surface area (Å²) in [5.41, 5.74) is 2.60. The van der Waals surface area contributed by atoms with Crippen molar-refractivity contribution in [3.8, 4) is 0 Å². The molecule has 3 rings (SSSR count). The van der Waals surface area contributed by atoms with E-state index >= 15 is 0 Å². The van der Waals surface area contributed by atoms with Crippen LogP contribution in [0.3, 0.4) is 0 Å². The van der Waals surface area contributed by atoms with Crippen molar-refractivity contribution in [1.82, 2.24) is 9.80 Å².